The summed E-state index contributed by atoms with van der Waals surface area (Å²) < 4.78 is 5.45. The minimum atomic E-state index is 0.322. The molecule has 2 rings (SSSR count). The van der Waals surface area contributed by atoms with Gasteiger partial charge in [0, 0.05) is 37.0 Å². The molecule has 0 aliphatic rings. The van der Waals surface area contributed by atoms with E-state index in [9.17, 15) is 0 Å². The smallest absolute Gasteiger partial charge is 0.0484 e. The van der Waals surface area contributed by atoms with Crippen molar-refractivity contribution in [1.29, 1.82) is 0 Å². The third-order valence-electron chi connectivity index (χ3n) is 3.19. The fourth-order valence-corrected chi connectivity index (χ4v) is 2.25. The van der Waals surface area contributed by atoms with Crippen molar-refractivity contribution >= 4 is 10.8 Å². The van der Waals surface area contributed by atoms with E-state index in [-0.39, 0.29) is 0 Å². The zero-order chi connectivity index (χ0) is 12.8. The predicted molar refractivity (Wildman–Crippen MR) is 74.7 cm³/mol. The Kier molecular flexibility index (Phi) is 4.67. The van der Waals surface area contributed by atoms with Gasteiger partial charge in [-0.05, 0) is 37.4 Å². The van der Waals surface area contributed by atoms with Crippen molar-refractivity contribution in [2.24, 2.45) is 0 Å². The molecule has 1 heterocycles. The Morgan fingerprint density at radius 1 is 1.33 bits per heavy atom. The summed E-state index contributed by atoms with van der Waals surface area (Å²) in [7, 11) is 2.00. The van der Waals surface area contributed by atoms with Gasteiger partial charge in [-0.25, -0.2) is 0 Å². The number of hydrogen-bond acceptors (Lipinski definition) is 3. The Morgan fingerprint density at radius 3 is 3.00 bits per heavy atom. The molecular weight excluding hydrogens is 224 g/mol. The molecule has 1 unspecified atom stereocenters. The number of nitrogens with one attached hydrogen (secondary N) is 1. The number of fused-ring (bicyclic) bond motifs is 1. The van der Waals surface area contributed by atoms with E-state index in [1.807, 2.05) is 26.4 Å². The highest BCUT2D eigenvalue weighted by atomic mass is 16.5. The standard InChI is InChI=1S/C15H20N2O/c1-3-18-10-8-15(16-2)14-6-4-5-12-11-17-9-7-13(12)14/h4-7,9,11,15-16H,3,8,10H2,1-2H3. The molecule has 0 saturated heterocycles. The van der Waals surface area contributed by atoms with Gasteiger partial charge in [-0.2, -0.15) is 0 Å². The lowest BCUT2D eigenvalue weighted by molar-refractivity contribution is 0.137. The Labute approximate surface area is 108 Å². The summed E-state index contributed by atoms with van der Waals surface area (Å²) in [4.78, 5) is 4.17. The molecule has 0 spiro atoms. The van der Waals surface area contributed by atoms with E-state index in [0.29, 0.717) is 6.04 Å². The van der Waals surface area contributed by atoms with Crippen LogP contribution >= 0.6 is 0 Å². The molecular formula is C15H20N2O. The molecule has 2 aromatic rings. The Balaban J connectivity index is 2.27. The van der Waals surface area contributed by atoms with Gasteiger partial charge in [-0.3, -0.25) is 4.98 Å². The van der Waals surface area contributed by atoms with Crippen molar-refractivity contribution in [1.82, 2.24) is 10.3 Å². The van der Waals surface area contributed by atoms with E-state index >= 15 is 0 Å². The van der Waals surface area contributed by atoms with Gasteiger partial charge in [0.2, 0.25) is 0 Å². The van der Waals surface area contributed by atoms with E-state index in [2.05, 4.69) is 34.6 Å². The third-order valence-corrected chi connectivity index (χ3v) is 3.19. The van der Waals surface area contributed by atoms with Crippen LogP contribution in [0.1, 0.15) is 24.9 Å². The lowest BCUT2D eigenvalue weighted by Crippen LogP contribution is -2.18. The molecule has 0 radical (unpaired) electrons. The zero-order valence-corrected chi connectivity index (χ0v) is 11.0. The van der Waals surface area contributed by atoms with Crippen LogP contribution < -0.4 is 5.32 Å². The molecule has 3 nitrogen and oxygen atoms in total. The third kappa shape index (κ3) is 2.86. The van der Waals surface area contributed by atoms with Gasteiger partial charge in [-0.1, -0.05) is 18.2 Å². The summed E-state index contributed by atoms with van der Waals surface area (Å²) in [5.74, 6) is 0. The predicted octanol–water partition coefficient (Wildman–Crippen LogP) is 2.92. The van der Waals surface area contributed by atoms with E-state index in [1.54, 1.807) is 0 Å². The zero-order valence-electron chi connectivity index (χ0n) is 11.0. The monoisotopic (exact) mass is 244 g/mol. The van der Waals surface area contributed by atoms with Gasteiger partial charge in [-0.15, -0.1) is 0 Å². The van der Waals surface area contributed by atoms with Gasteiger partial charge in [0.25, 0.3) is 0 Å². The lowest BCUT2D eigenvalue weighted by atomic mass is 9.98. The van der Waals surface area contributed by atoms with Gasteiger partial charge < -0.3 is 10.1 Å². The van der Waals surface area contributed by atoms with E-state index in [1.165, 1.54) is 16.3 Å². The van der Waals surface area contributed by atoms with E-state index < -0.39 is 0 Å². The lowest BCUT2D eigenvalue weighted by Gasteiger charge is -2.18. The van der Waals surface area contributed by atoms with Gasteiger partial charge in [0.05, 0.1) is 0 Å². The van der Waals surface area contributed by atoms with Crippen LogP contribution in [-0.4, -0.2) is 25.2 Å². The number of benzene rings is 1. The molecule has 1 atom stereocenters. The molecule has 1 aromatic heterocycles. The molecule has 0 fully saturated rings. The fraction of sp³-hybridized carbons (Fsp3) is 0.400. The molecule has 1 aromatic carbocycles. The van der Waals surface area contributed by atoms with Crippen LogP contribution in [0.25, 0.3) is 10.8 Å². The van der Waals surface area contributed by atoms with Crippen molar-refractivity contribution in [2.45, 2.75) is 19.4 Å². The molecule has 0 saturated carbocycles. The second kappa shape index (κ2) is 6.47. The SMILES string of the molecule is CCOCCC(NC)c1cccc2cnccc12. The number of aromatic nitrogens is 1. The fourth-order valence-electron chi connectivity index (χ4n) is 2.25. The van der Waals surface area contributed by atoms with E-state index in [0.717, 1.165) is 19.6 Å². The number of hydrogen-bond donors (Lipinski definition) is 1. The molecule has 1 N–H and O–H groups in total. The first kappa shape index (κ1) is 13.0. The number of rotatable bonds is 6. The quantitative estimate of drug-likeness (QED) is 0.793. The second-order valence-corrected chi connectivity index (χ2v) is 4.27. The molecule has 0 bridgehead atoms. The summed E-state index contributed by atoms with van der Waals surface area (Å²) in [6.07, 6.45) is 4.74. The molecule has 18 heavy (non-hydrogen) atoms. The van der Waals surface area contributed by atoms with Crippen molar-refractivity contribution in [3.8, 4) is 0 Å². The van der Waals surface area contributed by atoms with Crippen molar-refractivity contribution in [3.63, 3.8) is 0 Å². The highest BCUT2D eigenvalue weighted by Gasteiger charge is 2.11. The van der Waals surface area contributed by atoms with Crippen LogP contribution in [0.15, 0.2) is 36.7 Å². The van der Waals surface area contributed by atoms with Gasteiger partial charge in [0.1, 0.15) is 0 Å². The Bertz CT molecular complexity index is 493. The summed E-state index contributed by atoms with van der Waals surface area (Å²) >= 11 is 0. The second-order valence-electron chi connectivity index (χ2n) is 4.27. The number of pyridine rings is 1. The van der Waals surface area contributed by atoms with Crippen LogP contribution in [0.4, 0.5) is 0 Å². The average molecular weight is 244 g/mol. The Morgan fingerprint density at radius 2 is 2.22 bits per heavy atom. The first-order valence-electron chi connectivity index (χ1n) is 6.44. The largest absolute Gasteiger partial charge is 0.382 e. The highest BCUT2D eigenvalue weighted by Crippen LogP contribution is 2.25. The Hall–Kier alpha value is -1.45. The van der Waals surface area contributed by atoms with Gasteiger partial charge in [0.15, 0.2) is 0 Å². The minimum absolute atomic E-state index is 0.322. The summed E-state index contributed by atoms with van der Waals surface area (Å²) in [6.45, 7) is 3.58. The maximum Gasteiger partial charge on any atom is 0.0484 e. The van der Waals surface area contributed by atoms with E-state index in [4.69, 9.17) is 4.74 Å². The van der Waals surface area contributed by atoms with Crippen LogP contribution in [0.2, 0.25) is 0 Å². The maximum absolute atomic E-state index is 5.45. The summed E-state index contributed by atoms with van der Waals surface area (Å²) in [6, 6.07) is 8.76. The molecule has 3 heteroatoms. The average Bonchev–Trinajstić information content (AvgIpc) is 2.43. The van der Waals surface area contributed by atoms with Gasteiger partial charge >= 0.3 is 0 Å². The molecule has 96 valence electrons. The molecule has 0 aliphatic heterocycles. The van der Waals surface area contributed by atoms with Crippen LogP contribution in [0.5, 0.6) is 0 Å². The topological polar surface area (TPSA) is 34.1 Å². The molecule has 0 aliphatic carbocycles. The van der Waals surface area contributed by atoms with Crippen molar-refractivity contribution in [2.75, 3.05) is 20.3 Å². The number of nitrogens with zero attached hydrogens (tertiary/aromatic N) is 1. The van der Waals surface area contributed by atoms with Crippen LogP contribution in [0.3, 0.4) is 0 Å². The number of ether oxygens (including phenoxy) is 1. The normalized spacial score (nSPS) is 12.8. The first-order chi connectivity index (χ1) is 8.86. The maximum atomic E-state index is 5.45. The minimum Gasteiger partial charge on any atom is -0.382 e. The first-order valence-corrected chi connectivity index (χ1v) is 6.44. The summed E-state index contributed by atoms with van der Waals surface area (Å²) in [5, 5.41) is 5.82. The summed E-state index contributed by atoms with van der Waals surface area (Å²) in [5.41, 5.74) is 1.32. The van der Waals surface area contributed by atoms with Crippen LogP contribution in [-0.2, 0) is 4.74 Å². The molecule has 0 amide bonds. The van der Waals surface area contributed by atoms with Crippen LogP contribution in [0, 0.1) is 0 Å². The van der Waals surface area contributed by atoms with Crippen molar-refractivity contribution in [3.05, 3.63) is 42.2 Å². The highest BCUT2D eigenvalue weighted by molar-refractivity contribution is 5.85. The van der Waals surface area contributed by atoms with Crippen molar-refractivity contribution < 1.29 is 4.74 Å².